The summed E-state index contributed by atoms with van der Waals surface area (Å²) in [6.45, 7) is 4.29. The first-order valence-electron chi connectivity index (χ1n) is 3.10. The molecule has 0 atom stereocenters. The second kappa shape index (κ2) is 8.87. The Labute approximate surface area is 96.2 Å². The van der Waals surface area contributed by atoms with E-state index in [2.05, 4.69) is 26.0 Å². The predicted octanol–water partition coefficient (Wildman–Crippen LogP) is -3.52. The van der Waals surface area contributed by atoms with E-state index < -0.39 is 0 Å². The van der Waals surface area contributed by atoms with Crippen molar-refractivity contribution in [1.82, 2.24) is 0 Å². The van der Waals surface area contributed by atoms with Gasteiger partial charge in [0.2, 0.25) is 0 Å². The monoisotopic (exact) mass is 225 g/mol. The van der Waals surface area contributed by atoms with Crippen LogP contribution in [0.25, 0.3) is 0 Å². The maximum Gasteiger partial charge on any atom is 3.00 e. The molecule has 61 valence electrons. The predicted molar refractivity (Wildman–Crippen MR) is 35.4 cm³/mol. The molecular formula is C8H11Cl2Ti. The summed E-state index contributed by atoms with van der Waals surface area (Å²) in [7, 11) is 0. The summed E-state index contributed by atoms with van der Waals surface area (Å²) in [6, 6.07) is 0. The van der Waals surface area contributed by atoms with Gasteiger partial charge in [-0.1, -0.05) is 20.3 Å². The van der Waals surface area contributed by atoms with E-state index in [0.29, 0.717) is 0 Å². The molecule has 0 N–H and O–H groups in total. The van der Waals surface area contributed by atoms with Gasteiger partial charge >= 0.3 is 21.7 Å². The molecule has 0 saturated heterocycles. The standard InChI is InChI=1S/C8H11.2ClH.Ti/c1-3-8-5-4-7(2)6-8;;;/h6H,3,5H2,1-2H3;2*1H;/q-1;;;+3/p-2. The van der Waals surface area contributed by atoms with Gasteiger partial charge in [0.15, 0.2) is 0 Å². The Bertz CT molecular complexity index is 150. The molecule has 0 amide bonds. The van der Waals surface area contributed by atoms with Crippen molar-refractivity contribution >= 4 is 0 Å². The van der Waals surface area contributed by atoms with Crippen LogP contribution in [-0.4, -0.2) is 0 Å². The second-order valence-electron chi connectivity index (χ2n) is 2.19. The van der Waals surface area contributed by atoms with E-state index in [4.69, 9.17) is 0 Å². The Morgan fingerprint density at radius 2 is 2.00 bits per heavy atom. The summed E-state index contributed by atoms with van der Waals surface area (Å²) in [6.07, 6.45) is 7.72. The SMILES string of the molecule is CCC1=CC(C)=[C-]C1.[Cl-].[Cl-].[Ti+3]. The third kappa shape index (κ3) is 5.98. The third-order valence-electron chi connectivity index (χ3n) is 1.47. The van der Waals surface area contributed by atoms with Crippen LogP contribution in [0.2, 0.25) is 0 Å². The Hall–Kier alpha value is 0.774. The van der Waals surface area contributed by atoms with Crippen molar-refractivity contribution in [3.63, 3.8) is 0 Å². The molecule has 1 aliphatic rings. The quantitative estimate of drug-likeness (QED) is 0.321. The topological polar surface area (TPSA) is 0 Å². The number of halogens is 2. The van der Waals surface area contributed by atoms with Gasteiger partial charge in [0.1, 0.15) is 0 Å². The fourth-order valence-electron chi connectivity index (χ4n) is 0.888. The molecule has 0 unspecified atom stereocenters. The minimum Gasteiger partial charge on any atom is -1.00 e. The van der Waals surface area contributed by atoms with Crippen molar-refractivity contribution in [3.05, 3.63) is 23.3 Å². The first-order chi connectivity index (χ1) is 3.83. The average Bonchev–Trinajstić information content (AvgIpc) is 2.14. The van der Waals surface area contributed by atoms with Gasteiger partial charge in [-0.2, -0.15) is 5.57 Å². The van der Waals surface area contributed by atoms with Gasteiger partial charge in [0.25, 0.3) is 0 Å². The molecule has 0 aromatic rings. The Balaban J connectivity index is -0.000000213. The molecule has 1 rings (SSSR count). The van der Waals surface area contributed by atoms with Crippen LogP contribution in [-0.2, 0) is 21.7 Å². The third-order valence-corrected chi connectivity index (χ3v) is 1.47. The summed E-state index contributed by atoms with van der Waals surface area (Å²) < 4.78 is 0. The van der Waals surface area contributed by atoms with Gasteiger partial charge in [-0.15, -0.1) is 6.42 Å². The summed E-state index contributed by atoms with van der Waals surface area (Å²) in [5.41, 5.74) is 2.82. The zero-order chi connectivity index (χ0) is 5.98. The van der Waals surface area contributed by atoms with Crippen LogP contribution in [0.4, 0.5) is 0 Å². The van der Waals surface area contributed by atoms with Crippen LogP contribution in [0, 0.1) is 6.08 Å². The molecule has 0 heterocycles. The van der Waals surface area contributed by atoms with Crippen molar-refractivity contribution < 1.29 is 46.5 Å². The van der Waals surface area contributed by atoms with Crippen LogP contribution >= 0.6 is 0 Å². The molecule has 1 aliphatic carbocycles. The molecule has 3 heteroatoms. The Morgan fingerprint density at radius 3 is 2.18 bits per heavy atom. The fourth-order valence-corrected chi connectivity index (χ4v) is 0.888. The van der Waals surface area contributed by atoms with Crippen LogP contribution < -0.4 is 24.8 Å². The summed E-state index contributed by atoms with van der Waals surface area (Å²) in [4.78, 5) is 0. The molecule has 0 saturated carbocycles. The van der Waals surface area contributed by atoms with E-state index in [1.165, 1.54) is 17.6 Å². The van der Waals surface area contributed by atoms with E-state index in [9.17, 15) is 0 Å². The summed E-state index contributed by atoms with van der Waals surface area (Å²) >= 11 is 0. The smallest absolute Gasteiger partial charge is 1.00 e. The molecule has 1 radical (unpaired) electrons. The summed E-state index contributed by atoms with van der Waals surface area (Å²) in [5.74, 6) is 0. The number of allylic oxidation sites excluding steroid dienone is 4. The van der Waals surface area contributed by atoms with Crippen molar-refractivity contribution in [2.75, 3.05) is 0 Å². The number of hydrogen-bond acceptors (Lipinski definition) is 0. The Morgan fingerprint density at radius 1 is 1.45 bits per heavy atom. The van der Waals surface area contributed by atoms with E-state index in [1.807, 2.05) is 0 Å². The number of rotatable bonds is 1. The van der Waals surface area contributed by atoms with Crippen LogP contribution in [0.1, 0.15) is 26.7 Å². The minimum absolute atomic E-state index is 0. The molecule has 0 nitrogen and oxygen atoms in total. The van der Waals surface area contributed by atoms with Gasteiger partial charge in [0.05, 0.1) is 0 Å². The van der Waals surface area contributed by atoms with Crippen LogP contribution in [0.5, 0.6) is 0 Å². The minimum atomic E-state index is 0. The zero-order valence-electron chi connectivity index (χ0n) is 6.75. The fraction of sp³-hybridized carbons (Fsp3) is 0.500. The normalized spacial score (nSPS) is 13.3. The van der Waals surface area contributed by atoms with Crippen LogP contribution in [0.15, 0.2) is 17.2 Å². The molecule has 0 aliphatic heterocycles. The zero-order valence-corrected chi connectivity index (χ0v) is 9.82. The molecular weight excluding hydrogens is 215 g/mol. The summed E-state index contributed by atoms with van der Waals surface area (Å²) in [5, 5.41) is 0. The molecule has 0 aromatic carbocycles. The maximum absolute atomic E-state index is 3.24. The first-order valence-corrected chi connectivity index (χ1v) is 3.10. The van der Waals surface area contributed by atoms with Gasteiger partial charge in [-0.3, -0.25) is 6.08 Å². The second-order valence-corrected chi connectivity index (χ2v) is 2.19. The largest absolute Gasteiger partial charge is 3.00 e. The number of hydrogen-bond donors (Lipinski definition) is 0. The van der Waals surface area contributed by atoms with E-state index in [0.717, 1.165) is 6.42 Å². The van der Waals surface area contributed by atoms with Gasteiger partial charge in [-0.05, 0) is 0 Å². The average molecular weight is 226 g/mol. The molecule has 11 heavy (non-hydrogen) atoms. The first kappa shape index (κ1) is 17.8. The van der Waals surface area contributed by atoms with Crippen molar-refractivity contribution in [2.45, 2.75) is 26.7 Å². The van der Waals surface area contributed by atoms with Crippen molar-refractivity contribution in [3.8, 4) is 0 Å². The van der Waals surface area contributed by atoms with E-state index in [1.54, 1.807) is 0 Å². The van der Waals surface area contributed by atoms with E-state index in [-0.39, 0.29) is 46.5 Å². The van der Waals surface area contributed by atoms with Crippen molar-refractivity contribution in [2.24, 2.45) is 0 Å². The molecule has 0 spiro atoms. The molecule has 0 fully saturated rings. The van der Waals surface area contributed by atoms with Crippen LogP contribution in [0.3, 0.4) is 0 Å². The molecule has 0 bridgehead atoms. The Kier molecular flexibility index (Phi) is 14.3. The maximum atomic E-state index is 3.24. The van der Waals surface area contributed by atoms with Gasteiger partial charge in [0, 0.05) is 0 Å². The van der Waals surface area contributed by atoms with Gasteiger partial charge in [-0.25, -0.2) is 11.6 Å². The van der Waals surface area contributed by atoms with Gasteiger partial charge < -0.3 is 24.8 Å². The van der Waals surface area contributed by atoms with Crippen molar-refractivity contribution in [1.29, 1.82) is 0 Å². The van der Waals surface area contributed by atoms with E-state index >= 15 is 0 Å². The molecule has 0 aromatic heterocycles.